The number of allylic oxidation sites excluding steroid dienone is 1. The van der Waals surface area contributed by atoms with Crippen LogP contribution in [0.3, 0.4) is 0 Å². The highest BCUT2D eigenvalue weighted by Crippen LogP contribution is 2.40. The van der Waals surface area contributed by atoms with E-state index in [4.69, 9.17) is 4.84 Å². The highest BCUT2D eigenvalue weighted by molar-refractivity contribution is 9.10. The van der Waals surface area contributed by atoms with Gasteiger partial charge in [-0.05, 0) is 29.3 Å². The number of carbonyl (C=O) groups is 1. The second-order valence-electron chi connectivity index (χ2n) is 5.45. The van der Waals surface area contributed by atoms with Crippen LogP contribution in [0, 0.1) is 0 Å². The number of rotatable bonds is 1. The number of nitrogens with one attached hydrogen (secondary N) is 1. The van der Waals surface area contributed by atoms with Crippen LogP contribution in [-0.2, 0) is 16.1 Å². The quantitative estimate of drug-likeness (QED) is 0.615. The van der Waals surface area contributed by atoms with Crippen LogP contribution in [0.1, 0.15) is 16.7 Å². The van der Waals surface area contributed by atoms with Gasteiger partial charge in [0.1, 0.15) is 12.8 Å². The van der Waals surface area contributed by atoms with Crippen molar-refractivity contribution in [3.63, 3.8) is 0 Å². The number of fused-ring (bicyclic) bond motifs is 2. The zero-order valence-corrected chi connectivity index (χ0v) is 14.0. The molecule has 1 amide bonds. The number of benzene rings is 2. The molecule has 0 atom stereocenters. The minimum atomic E-state index is -0.0929. The van der Waals surface area contributed by atoms with Crippen molar-refractivity contribution >= 4 is 38.8 Å². The Balaban J connectivity index is 1.97. The third kappa shape index (κ3) is 2.19. The summed E-state index contributed by atoms with van der Waals surface area (Å²) in [7, 11) is 1.52. The van der Waals surface area contributed by atoms with E-state index >= 15 is 0 Å². The topological polar surface area (TPSA) is 50.7 Å². The maximum Gasteiger partial charge on any atom is 0.256 e. The lowest BCUT2D eigenvalue weighted by Gasteiger charge is -2.05. The van der Waals surface area contributed by atoms with Gasteiger partial charge in [0.25, 0.3) is 5.91 Å². The molecule has 1 aliphatic carbocycles. The fourth-order valence-electron chi connectivity index (χ4n) is 3.18. The summed E-state index contributed by atoms with van der Waals surface area (Å²) in [6.45, 7) is 0. The molecule has 0 bridgehead atoms. The predicted molar refractivity (Wildman–Crippen MR) is 93.4 cm³/mol. The van der Waals surface area contributed by atoms with Gasteiger partial charge in [0.05, 0.1) is 5.57 Å². The molecule has 0 unspecified atom stereocenters. The molecule has 5 heteroatoms. The molecule has 0 saturated carbocycles. The Kier molecular flexibility index (Phi) is 3.31. The first kappa shape index (κ1) is 14.2. The molecule has 0 radical (unpaired) electrons. The lowest BCUT2D eigenvalue weighted by molar-refractivity contribution is -0.110. The van der Waals surface area contributed by atoms with Crippen molar-refractivity contribution in [1.82, 2.24) is 0 Å². The Morgan fingerprint density at radius 3 is 2.83 bits per heavy atom. The van der Waals surface area contributed by atoms with Crippen LogP contribution >= 0.6 is 15.9 Å². The summed E-state index contributed by atoms with van der Waals surface area (Å²) in [6, 6.07) is 13.8. The molecule has 2 aliphatic rings. The Morgan fingerprint density at radius 2 is 2.00 bits per heavy atom. The SMILES string of the molecule is CO/N=C1/C(=C2/C(=O)Nc3ccc(Br)cc32)Cc2ccccc21. The van der Waals surface area contributed by atoms with E-state index in [1.54, 1.807) is 0 Å². The van der Waals surface area contributed by atoms with Crippen LogP contribution in [-0.4, -0.2) is 18.7 Å². The molecular weight excluding hydrogens is 356 g/mol. The minimum absolute atomic E-state index is 0.0929. The number of hydrogen-bond acceptors (Lipinski definition) is 3. The number of amides is 1. The van der Waals surface area contributed by atoms with Gasteiger partial charge < -0.3 is 10.2 Å². The fourth-order valence-corrected chi connectivity index (χ4v) is 3.54. The van der Waals surface area contributed by atoms with Crippen molar-refractivity contribution in [2.24, 2.45) is 5.16 Å². The van der Waals surface area contributed by atoms with E-state index in [1.165, 1.54) is 7.11 Å². The molecule has 114 valence electrons. The summed E-state index contributed by atoms with van der Waals surface area (Å²) in [6.07, 6.45) is 0.674. The molecule has 0 saturated heterocycles. The third-order valence-electron chi connectivity index (χ3n) is 4.14. The van der Waals surface area contributed by atoms with Gasteiger partial charge in [0.15, 0.2) is 0 Å². The van der Waals surface area contributed by atoms with Gasteiger partial charge in [-0.1, -0.05) is 45.4 Å². The van der Waals surface area contributed by atoms with E-state index in [0.717, 1.165) is 38.1 Å². The Labute approximate surface area is 142 Å². The van der Waals surface area contributed by atoms with Crippen LogP contribution in [0.15, 0.2) is 57.7 Å². The molecule has 23 heavy (non-hydrogen) atoms. The lowest BCUT2D eigenvalue weighted by atomic mass is 9.98. The van der Waals surface area contributed by atoms with Crippen molar-refractivity contribution in [2.75, 3.05) is 12.4 Å². The average Bonchev–Trinajstić information content (AvgIpc) is 3.05. The zero-order valence-electron chi connectivity index (χ0n) is 12.4. The van der Waals surface area contributed by atoms with Gasteiger partial charge >= 0.3 is 0 Å². The summed E-state index contributed by atoms with van der Waals surface area (Å²) < 4.78 is 0.937. The number of oxime groups is 1. The molecule has 4 nitrogen and oxygen atoms in total. The molecule has 0 spiro atoms. The summed E-state index contributed by atoms with van der Waals surface area (Å²) in [5, 5.41) is 7.12. The molecule has 0 fully saturated rings. The van der Waals surface area contributed by atoms with Gasteiger partial charge in [-0.3, -0.25) is 4.79 Å². The normalized spacial score (nSPS) is 20.4. The Hall–Kier alpha value is -2.40. The van der Waals surface area contributed by atoms with Crippen LogP contribution in [0.2, 0.25) is 0 Å². The fraction of sp³-hybridized carbons (Fsp3) is 0.111. The van der Waals surface area contributed by atoms with Gasteiger partial charge in [-0.25, -0.2) is 0 Å². The van der Waals surface area contributed by atoms with Crippen LogP contribution in [0.4, 0.5) is 5.69 Å². The Bertz CT molecular complexity index is 900. The number of hydrogen-bond donors (Lipinski definition) is 1. The van der Waals surface area contributed by atoms with Crippen molar-refractivity contribution in [1.29, 1.82) is 0 Å². The molecule has 2 aromatic rings. The molecule has 1 aliphatic heterocycles. The highest BCUT2D eigenvalue weighted by Gasteiger charge is 2.33. The third-order valence-corrected chi connectivity index (χ3v) is 4.63. The second-order valence-corrected chi connectivity index (χ2v) is 6.37. The van der Waals surface area contributed by atoms with Crippen LogP contribution < -0.4 is 5.32 Å². The van der Waals surface area contributed by atoms with E-state index in [-0.39, 0.29) is 5.91 Å². The number of anilines is 1. The number of nitrogens with zero attached hydrogens (tertiary/aromatic N) is 1. The molecular formula is C18H13BrN2O2. The first-order valence-electron chi connectivity index (χ1n) is 7.23. The van der Waals surface area contributed by atoms with Crippen molar-refractivity contribution in [3.8, 4) is 0 Å². The summed E-state index contributed by atoms with van der Waals surface area (Å²) >= 11 is 3.48. The highest BCUT2D eigenvalue weighted by atomic mass is 79.9. The smallest absolute Gasteiger partial charge is 0.256 e. The second kappa shape index (κ2) is 5.35. The van der Waals surface area contributed by atoms with Gasteiger partial charge in [0, 0.05) is 27.7 Å². The van der Waals surface area contributed by atoms with Gasteiger partial charge in [-0.15, -0.1) is 0 Å². The largest absolute Gasteiger partial charge is 0.399 e. The van der Waals surface area contributed by atoms with Gasteiger partial charge in [-0.2, -0.15) is 0 Å². The maximum atomic E-state index is 12.6. The first-order chi connectivity index (χ1) is 11.2. The Morgan fingerprint density at radius 1 is 1.17 bits per heavy atom. The van der Waals surface area contributed by atoms with Crippen LogP contribution in [0.25, 0.3) is 5.57 Å². The van der Waals surface area contributed by atoms with Gasteiger partial charge in [0.2, 0.25) is 0 Å². The van der Waals surface area contributed by atoms with Crippen LogP contribution in [0.5, 0.6) is 0 Å². The minimum Gasteiger partial charge on any atom is -0.399 e. The van der Waals surface area contributed by atoms with E-state index in [9.17, 15) is 4.79 Å². The summed E-state index contributed by atoms with van der Waals surface area (Å²) in [5.41, 5.74) is 6.22. The summed E-state index contributed by atoms with van der Waals surface area (Å²) in [5.74, 6) is -0.0929. The number of carbonyl (C=O) groups excluding carboxylic acids is 1. The molecule has 1 heterocycles. The molecule has 0 aromatic heterocycles. The average molecular weight is 369 g/mol. The summed E-state index contributed by atoms with van der Waals surface area (Å²) in [4.78, 5) is 17.6. The molecule has 1 N–H and O–H groups in total. The van der Waals surface area contributed by atoms with Crippen molar-refractivity contribution in [2.45, 2.75) is 6.42 Å². The lowest BCUT2D eigenvalue weighted by Crippen LogP contribution is -2.10. The van der Waals surface area contributed by atoms with E-state index in [0.29, 0.717) is 12.0 Å². The monoisotopic (exact) mass is 368 g/mol. The van der Waals surface area contributed by atoms with E-state index in [2.05, 4.69) is 32.5 Å². The predicted octanol–water partition coefficient (Wildman–Crippen LogP) is 3.76. The standard InChI is InChI=1S/C18H13BrN2O2/c1-23-21-17-12-5-3-2-4-10(12)8-14(17)16-13-9-11(19)6-7-15(13)20-18(16)22/h2-7,9H,8H2,1H3,(H,20,22)/b16-14+,21-17+. The molecule has 2 aromatic carbocycles. The van der Waals surface area contributed by atoms with Crippen molar-refractivity contribution < 1.29 is 9.63 Å². The first-order valence-corrected chi connectivity index (χ1v) is 8.02. The zero-order chi connectivity index (χ0) is 16.0. The number of halogens is 1. The van der Waals surface area contributed by atoms with E-state index in [1.807, 2.05) is 36.4 Å². The van der Waals surface area contributed by atoms with E-state index < -0.39 is 0 Å². The molecule has 4 rings (SSSR count). The maximum absolute atomic E-state index is 12.6. The van der Waals surface area contributed by atoms with Crippen molar-refractivity contribution in [3.05, 3.63) is 69.2 Å².